The van der Waals surface area contributed by atoms with Gasteiger partial charge in [-0.15, -0.1) is 0 Å². The highest BCUT2D eigenvalue weighted by Crippen LogP contribution is 2.29. The molecule has 3 heteroatoms. The molecule has 2 aromatic rings. The Hall–Kier alpha value is -1.77. The fourth-order valence-electron chi connectivity index (χ4n) is 1.75. The number of anilines is 1. The van der Waals surface area contributed by atoms with Crippen LogP contribution in [0.5, 0.6) is 5.75 Å². The molecule has 2 rings (SSSR count). The van der Waals surface area contributed by atoms with Gasteiger partial charge in [-0.25, -0.2) is 4.98 Å². The van der Waals surface area contributed by atoms with E-state index < -0.39 is 0 Å². The van der Waals surface area contributed by atoms with Crippen LogP contribution in [0.2, 0.25) is 0 Å². The maximum atomic E-state index is 9.90. The molecule has 3 nitrogen and oxygen atoms in total. The molecule has 0 fully saturated rings. The quantitative estimate of drug-likeness (QED) is 0.758. The van der Waals surface area contributed by atoms with Crippen molar-refractivity contribution in [2.45, 2.75) is 26.2 Å². The monoisotopic (exact) mass is 216 g/mol. The second-order valence-corrected chi connectivity index (χ2v) is 4.15. The summed E-state index contributed by atoms with van der Waals surface area (Å²) in [5.74, 6) is 0.523. The summed E-state index contributed by atoms with van der Waals surface area (Å²) in [5, 5.41) is 10.8. The fraction of sp³-hybridized carbons (Fsp3) is 0.308. The molecule has 1 heterocycles. The van der Waals surface area contributed by atoms with Gasteiger partial charge in [-0.2, -0.15) is 0 Å². The highest BCUT2D eigenvalue weighted by atomic mass is 16.3. The lowest BCUT2D eigenvalue weighted by molar-refractivity contribution is 0.458. The largest absolute Gasteiger partial charge is 0.506 e. The highest BCUT2D eigenvalue weighted by molar-refractivity contribution is 5.83. The third-order valence-electron chi connectivity index (χ3n) is 2.93. The summed E-state index contributed by atoms with van der Waals surface area (Å²) in [7, 11) is 0. The number of nitrogens with zero attached hydrogens (tertiary/aromatic N) is 1. The van der Waals surface area contributed by atoms with Crippen LogP contribution < -0.4 is 5.73 Å². The van der Waals surface area contributed by atoms with E-state index in [1.807, 2.05) is 18.2 Å². The van der Waals surface area contributed by atoms with Crippen LogP contribution in [0.3, 0.4) is 0 Å². The molecule has 0 radical (unpaired) electrons. The fourth-order valence-corrected chi connectivity index (χ4v) is 1.75. The van der Waals surface area contributed by atoms with E-state index in [4.69, 9.17) is 5.73 Å². The number of hydrogen-bond donors (Lipinski definition) is 2. The molecule has 16 heavy (non-hydrogen) atoms. The average molecular weight is 216 g/mol. The molecule has 0 aliphatic carbocycles. The number of nitrogen functional groups attached to an aromatic ring is 1. The lowest BCUT2D eigenvalue weighted by Crippen LogP contribution is -1.97. The number of nitrogens with two attached hydrogens (primary N) is 1. The first kappa shape index (κ1) is 10.7. The lowest BCUT2D eigenvalue weighted by Gasteiger charge is -2.11. The summed E-state index contributed by atoms with van der Waals surface area (Å²) in [6.07, 6.45) is 0.959. The van der Waals surface area contributed by atoms with Crippen LogP contribution in [0.15, 0.2) is 24.3 Å². The number of aromatic nitrogens is 1. The van der Waals surface area contributed by atoms with Gasteiger partial charge in [0.25, 0.3) is 0 Å². The first-order valence-electron chi connectivity index (χ1n) is 5.51. The van der Waals surface area contributed by atoms with E-state index in [1.165, 1.54) is 0 Å². The Labute approximate surface area is 94.9 Å². The number of benzene rings is 1. The topological polar surface area (TPSA) is 59.1 Å². The number of fused-ring (bicyclic) bond motifs is 1. The molecule has 0 bridgehead atoms. The molecule has 1 atom stereocenters. The Morgan fingerprint density at radius 2 is 2.12 bits per heavy atom. The van der Waals surface area contributed by atoms with Crippen molar-refractivity contribution in [2.24, 2.45) is 0 Å². The number of pyridine rings is 1. The van der Waals surface area contributed by atoms with Crippen LogP contribution in [-0.2, 0) is 0 Å². The van der Waals surface area contributed by atoms with E-state index in [9.17, 15) is 5.11 Å². The summed E-state index contributed by atoms with van der Waals surface area (Å²) in [6, 6.07) is 7.27. The summed E-state index contributed by atoms with van der Waals surface area (Å²) < 4.78 is 0. The molecule has 1 aromatic carbocycles. The van der Waals surface area contributed by atoms with Crippen LogP contribution in [0.1, 0.15) is 31.9 Å². The van der Waals surface area contributed by atoms with Crippen LogP contribution >= 0.6 is 0 Å². The Balaban J connectivity index is 2.62. The van der Waals surface area contributed by atoms with Crippen molar-refractivity contribution in [1.82, 2.24) is 4.98 Å². The third kappa shape index (κ3) is 1.81. The molecule has 84 valence electrons. The molecular weight excluding hydrogens is 200 g/mol. The maximum absolute atomic E-state index is 9.90. The zero-order chi connectivity index (χ0) is 11.7. The molecule has 0 saturated carbocycles. The van der Waals surface area contributed by atoms with Gasteiger partial charge in [0.2, 0.25) is 0 Å². The van der Waals surface area contributed by atoms with Gasteiger partial charge in [0.05, 0.1) is 11.2 Å². The smallest absolute Gasteiger partial charge is 0.137 e. The van der Waals surface area contributed by atoms with E-state index in [1.54, 1.807) is 6.07 Å². The Bertz CT molecular complexity index is 523. The van der Waals surface area contributed by atoms with Gasteiger partial charge >= 0.3 is 0 Å². The zero-order valence-corrected chi connectivity index (χ0v) is 9.57. The predicted molar refractivity (Wildman–Crippen MR) is 66.5 cm³/mol. The zero-order valence-electron chi connectivity index (χ0n) is 9.57. The molecule has 1 unspecified atom stereocenters. The predicted octanol–water partition coefficient (Wildman–Crippen LogP) is 3.04. The van der Waals surface area contributed by atoms with Crippen LogP contribution in [0, 0.1) is 0 Å². The Morgan fingerprint density at radius 1 is 1.38 bits per heavy atom. The van der Waals surface area contributed by atoms with Gasteiger partial charge in [0.1, 0.15) is 5.75 Å². The van der Waals surface area contributed by atoms with E-state index in [-0.39, 0.29) is 11.7 Å². The Morgan fingerprint density at radius 3 is 2.81 bits per heavy atom. The molecule has 0 amide bonds. The highest BCUT2D eigenvalue weighted by Gasteiger charge is 2.11. The van der Waals surface area contributed by atoms with Gasteiger partial charge in [-0.1, -0.05) is 13.8 Å². The number of aromatic hydroxyl groups is 1. The van der Waals surface area contributed by atoms with Gasteiger partial charge in [-0.3, -0.25) is 0 Å². The van der Waals surface area contributed by atoms with E-state index in [0.717, 1.165) is 23.0 Å². The minimum absolute atomic E-state index is 0.257. The molecule has 0 saturated heterocycles. The summed E-state index contributed by atoms with van der Waals surface area (Å²) in [6.45, 7) is 4.14. The SMILES string of the molecule is CCC(C)c1nc2ccc(N)cc2cc1O. The molecule has 0 aliphatic rings. The van der Waals surface area contributed by atoms with Crippen molar-refractivity contribution in [2.75, 3.05) is 5.73 Å². The molecule has 3 N–H and O–H groups in total. The van der Waals surface area contributed by atoms with Crippen LogP contribution in [0.4, 0.5) is 5.69 Å². The van der Waals surface area contributed by atoms with Gasteiger partial charge < -0.3 is 10.8 Å². The second kappa shape index (κ2) is 4.00. The molecule has 0 aliphatic heterocycles. The van der Waals surface area contributed by atoms with E-state index in [0.29, 0.717) is 5.69 Å². The van der Waals surface area contributed by atoms with Crippen molar-refractivity contribution in [3.05, 3.63) is 30.0 Å². The standard InChI is InChI=1S/C13H16N2O/c1-3-8(2)13-12(16)7-9-6-10(14)4-5-11(9)15-13/h4-8,16H,3,14H2,1-2H3. The summed E-state index contributed by atoms with van der Waals surface area (Å²) in [4.78, 5) is 4.48. The van der Waals surface area contributed by atoms with Crippen molar-refractivity contribution >= 4 is 16.6 Å². The van der Waals surface area contributed by atoms with Gasteiger partial charge in [0, 0.05) is 17.0 Å². The van der Waals surface area contributed by atoms with E-state index >= 15 is 0 Å². The van der Waals surface area contributed by atoms with Crippen LogP contribution in [0.25, 0.3) is 10.9 Å². The van der Waals surface area contributed by atoms with Crippen molar-refractivity contribution in [3.63, 3.8) is 0 Å². The first-order valence-corrected chi connectivity index (χ1v) is 5.51. The van der Waals surface area contributed by atoms with Crippen molar-refractivity contribution in [1.29, 1.82) is 0 Å². The molecular formula is C13H16N2O. The van der Waals surface area contributed by atoms with Gasteiger partial charge in [-0.05, 0) is 30.7 Å². The van der Waals surface area contributed by atoms with E-state index in [2.05, 4.69) is 18.8 Å². The lowest BCUT2D eigenvalue weighted by atomic mass is 10.0. The maximum Gasteiger partial charge on any atom is 0.137 e. The number of hydrogen-bond acceptors (Lipinski definition) is 3. The number of rotatable bonds is 2. The van der Waals surface area contributed by atoms with Crippen molar-refractivity contribution < 1.29 is 5.11 Å². The Kier molecular flexibility index (Phi) is 2.69. The third-order valence-corrected chi connectivity index (χ3v) is 2.93. The normalized spacial score (nSPS) is 12.9. The second-order valence-electron chi connectivity index (χ2n) is 4.15. The van der Waals surface area contributed by atoms with Crippen LogP contribution in [-0.4, -0.2) is 10.1 Å². The van der Waals surface area contributed by atoms with Gasteiger partial charge in [0.15, 0.2) is 0 Å². The molecule has 0 spiro atoms. The minimum Gasteiger partial charge on any atom is -0.506 e. The minimum atomic E-state index is 0.257. The first-order chi connectivity index (χ1) is 7.61. The summed E-state index contributed by atoms with van der Waals surface area (Å²) >= 11 is 0. The average Bonchev–Trinajstić information content (AvgIpc) is 2.27. The van der Waals surface area contributed by atoms with Crippen molar-refractivity contribution in [3.8, 4) is 5.75 Å². The summed E-state index contributed by atoms with van der Waals surface area (Å²) in [5.41, 5.74) is 8.01. The molecule has 1 aromatic heterocycles.